The third-order valence-electron chi connectivity index (χ3n) is 2.68. The van der Waals surface area contributed by atoms with Crippen molar-refractivity contribution in [1.82, 2.24) is 10.2 Å². The van der Waals surface area contributed by atoms with E-state index in [1.54, 1.807) is 0 Å². The molecule has 1 aliphatic carbocycles. The van der Waals surface area contributed by atoms with Crippen LogP contribution in [0, 0.1) is 0 Å². The molecule has 2 rings (SSSR count). The summed E-state index contributed by atoms with van der Waals surface area (Å²) in [6.07, 6.45) is 2.64. The van der Waals surface area contributed by atoms with Crippen molar-refractivity contribution in [3.63, 3.8) is 0 Å². The van der Waals surface area contributed by atoms with Gasteiger partial charge in [0.05, 0.1) is 0 Å². The highest BCUT2D eigenvalue weighted by atomic mass is 16.3. The zero-order valence-electron chi connectivity index (χ0n) is 7.19. The Morgan fingerprint density at radius 1 is 1.31 bits per heavy atom. The molecule has 0 aromatic heterocycles. The second kappa shape index (κ2) is 2.99. The van der Waals surface area contributed by atoms with Gasteiger partial charge in [-0.1, -0.05) is 12.8 Å². The molecule has 0 aromatic carbocycles. The summed E-state index contributed by atoms with van der Waals surface area (Å²) >= 11 is 0. The fraction of sp³-hybridized carbons (Fsp3) is 0.750. The Labute approximate surface area is 75.7 Å². The third kappa shape index (κ3) is 1.29. The molecule has 2 aliphatic rings. The van der Waals surface area contributed by atoms with Gasteiger partial charge in [-0.05, 0) is 12.8 Å². The predicted molar refractivity (Wildman–Crippen MR) is 43.6 cm³/mol. The van der Waals surface area contributed by atoms with Gasteiger partial charge in [0.2, 0.25) is 6.23 Å². The van der Waals surface area contributed by atoms with Gasteiger partial charge in [0.15, 0.2) is 0 Å². The zero-order valence-corrected chi connectivity index (χ0v) is 7.19. The van der Waals surface area contributed by atoms with Crippen LogP contribution in [0.2, 0.25) is 0 Å². The Hall–Kier alpha value is -1.10. The van der Waals surface area contributed by atoms with Crippen LogP contribution >= 0.6 is 0 Å². The average molecular weight is 184 g/mol. The molecule has 2 fully saturated rings. The fourth-order valence-corrected chi connectivity index (χ4v) is 2.02. The standard InChI is InChI=1S/C8H12N2O3/c11-6-7(12)10(8(13)9-6)5-3-1-2-4-5/h5,7,12H,1-4H2,(H,9,11,13). The van der Waals surface area contributed by atoms with Crippen molar-refractivity contribution in [2.24, 2.45) is 0 Å². The van der Waals surface area contributed by atoms with E-state index in [2.05, 4.69) is 5.32 Å². The molecule has 0 aromatic rings. The van der Waals surface area contributed by atoms with Gasteiger partial charge in [0, 0.05) is 6.04 Å². The molecule has 1 atom stereocenters. The first-order valence-corrected chi connectivity index (χ1v) is 4.51. The van der Waals surface area contributed by atoms with Gasteiger partial charge in [-0.15, -0.1) is 0 Å². The highest BCUT2D eigenvalue weighted by Crippen LogP contribution is 2.26. The van der Waals surface area contributed by atoms with E-state index in [4.69, 9.17) is 0 Å². The minimum absolute atomic E-state index is 0.0430. The van der Waals surface area contributed by atoms with E-state index in [1.807, 2.05) is 0 Å². The van der Waals surface area contributed by atoms with Gasteiger partial charge in [-0.25, -0.2) is 4.79 Å². The summed E-state index contributed by atoms with van der Waals surface area (Å²) in [5, 5.41) is 11.5. The lowest BCUT2D eigenvalue weighted by molar-refractivity contribution is -0.131. The molecule has 0 radical (unpaired) electrons. The van der Waals surface area contributed by atoms with Crippen molar-refractivity contribution < 1.29 is 14.7 Å². The van der Waals surface area contributed by atoms with Crippen LogP contribution in [0.1, 0.15) is 25.7 Å². The second-order valence-corrected chi connectivity index (χ2v) is 3.51. The van der Waals surface area contributed by atoms with E-state index in [-0.39, 0.29) is 6.04 Å². The predicted octanol–water partition coefficient (Wildman–Crippen LogP) is -0.201. The minimum atomic E-state index is -1.27. The molecule has 1 saturated heterocycles. The van der Waals surface area contributed by atoms with E-state index in [0.717, 1.165) is 25.7 Å². The molecule has 1 aliphatic heterocycles. The topological polar surface area (TPSA) is 69.6 Å². The quantitative estimate of drug-likeness (QED) is 0.554. The molecule has 5 heteroatoms. The number of carbonyl (C=O) groups excluding carboxylic acids is 2. The Kier molecular flexibility index (Phi) is 1.95. The van der Waals surface area contributed by atoms with Crippen LogP contribution in [0.5, 0.6) is 0 Å². The molecule has 0 bridgehead atoms. The number of hydrogen-bond donors (Lipinski definition) is 2. The number of hydrogen-bond acceptors (Lipinski definition) is 3. The molecular formula is C8H12N2O3. The van der Waals surface area contributed by atoms with E-state index in [9.17, 15) is 14.7 Å². The van der Waals surface area contributed by atoms with Gasteiger partial charge < -0.3 is 5.11 Å². The Morgan fingerprint density at radius 2 is 1.92 bits per heavy atom. The molecule has 13 heavy (non-hydrogen) atoms. The first kappa shape index (κ1) is 8.50. The summed E-state index contributed by atoms with van der Waals surface area (Å²) in [5.41, 5.74) is 0. The monoisotopic (exact) mass is 184 g/mol. The van der Waals surface area contributed by atoms with Crippen molar-refractivity contribution in [2.45, 2.75) is 38.0 Å². The van der Waals surface area contributed by atoms with Gasteiger partial charge in [-0.2, -0.15) is 0 Å². The lowest BCUT2D eigenvalue weighted by atomic mass is 10.2. The van der Waals surface area contributed by atoms with E-state index in [0.29, 0.717) is 0 Å². The molecular weight excluding hydrogens is 172 g/mol. The largest absolute Gasteiger partial charge is 0.365 e. The summed E-state index contributed by atoms with van der Waals surface area (Å²) in [5.74, 6) is -0.600. The number of aliphatic hydroxyl groups is 1. The van der Waals surface area contributed by atoms with Crippen LogP contribution in [0.3, 0.4) is 0 Å². The fourth-order valence-electron chi connectivity index (χ4n) is 2.02. The number of aliphatic hydroxyl groups excluding tert-OH is 1. The van der Waals surface area contributed by atoms with E-state index >= 15 is 0 Å². The normalized spacial score (nSPS) is 29.9. The summed E-state index contributed by atoms with van der Waals surface area (Å²) in [6.45, 7) is 0. The van der Waals surface area contributed by atoms with Gasteiger partial charge >= 0.3 is 6.03 Å². The lowest BCUT2D eigenvalue weighted by Gasteiger charge is -2.24. The number of nitrogens with zero attached hydrogens (tertiary/aromatic N) is 1. The molecule has 72 valence electrons. The number of urea groups is 1. The third-order valence-corrected chi connectivity index (χ3v) is 2.68. The van der Waals surface area contributed by atoms with Crippen LogP contribution < -0.4 is 5.32 Å². The van der Waals surface area contributed by atoms with Crippen molar-refractivity contribution >= 4 is 11.9 Å². The maximum Gasteiger partial charge on any atom is 0.326 e. The molecule has 1 unspecified atom stereocenters. The van der Waals surface area contributed by atoms with Gasteiger partial charge in [0.1, 0.15) is 0 Å². The van der Waals surface area contributed by atoms with Crippen LogP contribution in [-0.4, -0.2) is 34.2 Å². The van der Waals surface area contributed by atoms with Crippen LogP contribution in [0.4, 0.5) is 4.79 Å². The van der Waals surface area contributed by atoms with Crippen LogP contribution in [0.15, 0.2) is 0 Å². The number of rotatable bonds is 1. The highest BCUT2D eigenvalue weighted by Gasteiger charge is 2.41. The maximum absolute atomic E-state index is 11.2. The number of amides is 3. The maximum atomic E-state index is 11.2. The molecule has 1 heterocycles. The van der Waals surface area contributed by atoms with E-state index in [1.165, 1.54) is 4.90 Å². The molecule has 3 amide bonds. The first-order valence-electron chi connectivity index (χ1n) is 4.51. The van der Waals surface area contributed by atoms with Crippen molar-refractivity contribution in [3.8, 4) is 0 Å². The molecule has 1 saturated carbocycles. The van der Waals surface area contributed by atoms with Gasteiger partial charge in [0.25, 0.3) is 5.91 Å². The Balaban J connectivity index is 2.12. The summed E-state index contributed by atoms with van der Waals surface area (Å²) in [4.78, 5) is 23.4. The van der Waals surface area contributed by atoms with Crippen LogP contribution in [0.25, 0.3) is 0 Å². The van der Waals surface area contributed by atoms with E-state index < -0.39 is 18.2 Å². The Bertz CT molecular complexity index is 248. The summed E-state index contributed by atoms with van der Waals surface area (Å²) in [6, 6.07) is -0.411. The number of nitrogens with one attached hydrogen (secondary N) is 1. The summed E-state index contributed by atoms with van der Waals surface area (Å²) in [7, 11) is 0. The summed E-state index contributed by atoms with van der Waals surface area (Å²) < 4.78 is 0. The van der Waals surface area contributed by atoms with Crippen molar-refractivity contribution in [2.75, 3.05) is 0 Å². The number of carbonyl (C=O) groups is 2. The lowest BCUT2D eigenvalue weighted by Crippen LogP contribution is -2.41. The molecule has 0 spiro atoms. The smallest absolute Gasteiger partial charge is 0.326 e. The minimum Gasteiger partial charge on any atom is -0.365 e. The second-order valence-electron chi connectivity index (χ2n) is 3.51. The molecule has 2 N–H and O–H groups in total. The van der Waals surface area contributed by atoms with Gasteiger partial charge in [-0.3, -0.25) is 15.0 Å². The highest BCUT2D eigenvalue weighted by molar-refractivity contribution is 6.03. The molecule has 5 nitrogen and oxygen atoms in total. The van der Waals surface area contributed by atoms with Crippen molar-refractivity contribution in [3.05, 3.63) is 0 Å². The SMILES string of the molecule is O=C1NC(=O)N(C2CCCC2)C1O. The zero-order chi connectivity index (χ0) is 9.42. The Morgan fingerprint density at radius 3 is 2.38 bits per heavy atom. The number of imide groups is 1. The first-order chi connectivity index (χ1) is 6.20. The average Bonchev–Trinajstić information content (AvgIpc) is 2.63. The van der Waals surface area contributed by atoms with Crippen LogP contribution in [-0.2, 0) is 4.79 Å². The van der Waals surface area contributed by atoms with Crippen molar-refractivity contribution in [1.29, 1.82) is 0 Å².